The highest BCUT2D eigenvalue weighted by atomic mass is 16.5. The summed E-state index contributed by atoms with van der Waals surface area (Å²) in [5.74, 6) is -0.00870. The van der Waals surface area contributed by atoms with E-state index in [4.69, 9.17) is 10.5 Å². The van der Waals surface area contributed by atoms with Crippen LogP contribution in [0.3, 0.4) is 0 Å². The molecule has 0 radical (unpaired) electrons. The quantitative estimate of drug-likeness (QED) is 0.787. The van der Waals surface area contributed by atoms with Gasteiger partial charge in [0, 0.05) is 18.0 Å². The lowest BCUT2D eigenvalue weighted by atomic mass is 10.1. The number of nitrogens with two attached hydrogens (primary N) is 1. The molecule has 0 aliphatic carbocycles. The fraction of sp³-hybridized carbons (Fsp3) is 0.462. The molecule has 4 nitrogen and oxygen atoms in total. The summed E-state index contributed by atoms with van der Waals surface area (Å²) in [7, 11) is 0. The first-order valence-corrected chi connectivity index (χ1v) is 5.93. The van der Waals surface area contributed by atoms with E-state index in [1.54, 1.807) is 6.07 Å². The van der Waals surface area contributed by atoms with Crippen LogP contribution in [0.25, 0.3) is 0 Å². The number of carbonyl (C=O) groups is 1. The van der Waals surface area contributed by atoms with Gasteiger partial charge >= 0.3 is 0 Å². The number of anilines is 2. The summed E-state index contributed by atoms with van der Waals surface area (Å²) in [4.78, 5) is 11.8. The largest absolute Gasteiger partial charge is 0.399 e. The maximum absolute atomic E-state index is 11.8. The smallest absolute Gasteiger partial charge is 0.226 e. The topological polar surface area (TPSA) is 64.3 Å². The molecule has 1 unspecified atom stereocenters. The third kappa shape index (κ3) is 3.20. The summed E-state index contributed by atoms with van der Waals surface area (Å²) in [5, 5.41) is 2.88. The minimum Gasteiger partial charge on any atom is -0.399 e. The molecule has 3 N–H and O–H groups in total. The predicted octanol–water partition coefficient (Wildman–Crippen LogP) is 2.08. The molecule has 0 bridgehead atoms. The van der Waals surface area contributed by atoms with Crippen molar-refractivity contribution in [1.82, 2.24) is 0 Å². The van der Waals surface area contributed by atoms with E-state index in [1.165, 1.54) is 0 Å². The van der Waals surface area contributed by atoms with Crippen molar-refractivity contribution in [1.29, 1.82) is 0 Å². The third-order valence-corrected chi connectivity index (χ3v) is 2.97. The average molecular weight is 234 g/mol. The maximum atomic E-state index is 11.8. The Hall–Kier alpha value is -1.55. The summed E-state index contributed by atoms with van der Waals surface area (Å²) in [6.07, 6.45) is 2.53. The highest BCUT2D eigenvalue weighted by molar-refractivity contribution is 5.92. The van der Waals surface area contributed by atoms with Gasteiger partial charge in [0.25, 0.3) is 0 Å². The molecule has 1 aromatic rings. The summed E-state index contributed by atoms with van der Waals surface area (Å²) in [6.45, 7) is 2.72. The maximum Gasteiger partial charge on any atom is 0.226 e. The zero-order chi connectivity index (χ0) is 12.3. The molecule has 92 valence electrons. The van der Waals surface area contributed by atoms with Crippen molar-refractivity contribution in [3.8, 4) is 0 Å². The fourth-order valence-electron chi connectivity index (χ4n) is 1.99. The van der Waals surface area contributed by atoms with Gasteiger partial charge in [0.15, 0.2) is 0 Å². The molecule has 0 spiro atoms. The van der Waals surface area contributed by atoms with Gasteiger partial charge in [0.2, 0.25) is 5.91 Å². The molecule has 2 rings (SSSR count). The second-order valence-corrected chi connectivity index (χ2v) is 4.46. The summed E-state index contributed by atoms with van der Waals surface area (Å²) in [6, 6.07) is 5.50. The van der Waals surface area contributed by atoms with Crippen LogP contribution in [0.2, 0.25) is 0 Å². The molecule has 0 saturated carbocycles. The normalized spacial score (nSPS) is 19.2. The van der Waals surface area contributed by atoms with Crippen molar-refractivity contribution >= 4 is 17.3 Å². The Morgan fingerprint density at radius 1 is 1.59 bits per heavy atom. The number of carbonyl (C=O) groups excluding carboxylic acids is 1. The van der Waals surface area contributed by atoms with Gasteiger partial charge in [0.05, 0.1) is 12.5 Å². The van der Waals surface area contributed by atoms with E-state index in [-0.39, 0.29) is 12.0 Å². The molecular formula is C13H18N2O2. The number of amides is 1. The Kier molecular flexibility index (Phi) is 3.64. The van der Waals surface area contributed by atoms with Crippen LogP contribution in [0.15, 0.2) is 18.2 Å². The molecule has 1 atom stereocenters. The summed E-state index contributed by atoms with van der Waals surface area (Å²) in [5.41, 5.74) is 8.15. The summed E-state index contributed by atoms with van der Waals surface area (Å²) < 4.78 is 5.43. The average Bonchev–Trinajstić information content (AvgIpc) is 2.76. The lowest BCUT2D eigenvalue weighted by molar-refractivity contribution is -0.118. The monoisotopic (exact) mass is 234 g/mol. The molecule has 1 amide bonds. The van der Waals surface area contributed by atoms with Crippen molar-refractivity contribution in [2.45, 2.75) is 32.3 Å². The second kappa shape index (κ2) is 5.19. The Morgan fingerprint density at radius 3 is 3.12 bits per heavy atom. The first-order chi connectivity index (χ1) is 8.15. The predicted molar refractivity (Wildman–Crippen MR) is 67.8 cm³/mol. The van der Waals surface area contributed by atoms with Gasteiger partial charge in [0.1, 0.15) is 0 Å². The highest BCUT2D eigenvalue weighted by Gasteiger charge is 2.19. The zero-order valence-corrected chi connectivity index (χ0v) is 10.0. The van der Waals surface area contributed by atoms with Gasteiger partial charge in [-0.1, -0.05) is 6.07 Å². The third-order valence-electron chi connectivity index (χ3n) is 2.97. The van der Waals surface area contributed by atoms with Crippen LogP contribution in [0.4, 0.5) is 11.4 Å². The van der Waals surface area contributed by atoms with Crippen LogP contribution < -0.4 is 11.1 Å². The van der Waals surface area contributed by atoms with Gasteiger partial charge in [-0.15, -0.1) is 0 Å². The van der Waals surface area contributed by atoms with Crippen LogP contribution in [0, 0.1) is 6.92 Å². The first kappa shape index (κ1) is 11.9. The SMILES string of the molecule is Cc1ccc(N)cc1NC(=O)CC1CCCO1. The van der Waals surface area contributed by atoms with Crippen molar-refractivity contribution in [3.63, 3.8) is 0 Å². The second-order valence-electron chi connectivity index (χ2n) is 4.46. The number of aryl methyl sites for hydroxylation is 1. The van der Waals surface area contributed by atoms with E-state index in [1.807, 2.05) is 19.1 Å². The number of nitrogens with one attached hydrogen (secondary N) is 1. The van der Waals surface area contributed by atoms with E-state index in [0.29, 0.717) is 12.1 Å². The Balaban J connectivity index is 1.95. The molecular weight excluding hydrogens is 216 g/mol. The number of hydrogen-bond donors (Lipinski definition) is 2. The van der Waals surface area contributed by atoms with E-state index in [2.05, 4.69) is 5.32 Å². The van der Waals surface area contributed by atoms with Gasteiger partial charge in [-0.25, -0.2) is 0 Å². The molecule has 4 heteroatoms. The number of rotatable bonds is 3. The zero-order valence-electron chi connectivity index (χ0n) is 10.0. The van der Waals surface area contributed by atoms with E-state index in [0.717, 1.165) is 30.7 Å². The minimum absolute atomic E-state index is 0.00870. The van der Waals surface area contributed by atoms with Crippen molar-refractivity contribution in [3.05, 3.63) is 23.8 Å². The Labute approximate surface area is 101 Å². The Morgan fingerprint density at radius 2 is 2.41 bits per heavy atom. The number of nitrogen functional groups attached to an aromatic ring is 1. The highest BCUT2D eigenvalue weighted by Crippen LogP contribution is 2.20. The van der Waals surface area contributed by atoms with Crippen LogP contribution in [0.5, 0.6) is 0 Å². The molecule has 1 saturated heterocycles. The van der Waals surface area contributed by atoms with Crippen LogP contribution in [-0.4, -0.2) is 18.6 Å². The van der Waals surface area contributed by atoms with Gasteiger partial charge in [-0.2, -0.15) is 0 Å². The molecule has 1 heterocycles. The van der Waals surface area contributed by atoms with Crippen LogP contribution >= 0.6 is 0 Å². The molecule has 17 heavy (non-hydrogen) atoms. The van der Waals surface area contributed by atoms with Gasteiger partial charge in [-0.05, 0) is 37.5 Å². The standard InChI is InChI=1S/C13H18N2O2/c1-9-4-5-10(14)7-12(9)15-13(16)8-11-3-2-6-17-11/h4-5,7,11H,2-3,6,8,14H2,1H3,(H,15,16). The molecule has 1 aliphatic heterocycles. The number of hydrogen-bond acceptors (Lipinski definition) is 3. The van der Waals surface area contributed by atoms with Gasteiger partial charge in [-0.3, -0.25) is 4.79 Å². The van der Waals surface area contributed by atoms with Crippen molar-refractivity contribution in [2.75, 3.05) is 17.7 Å². The summed E-state index contributed by atoms with van der Waals surface area (Å²) >= 11 is 0. The minimum atomic E-state index is -0.00870. The van der Waals surface area contributed by atoms with E-state index in [9.17, 15) is 4.79 Å². The van der Waals surface area contributed by atoms with Gasteiger partial charge < -0.3 is 15.8 Å². The number of benzene rings is 1. The Bertz CT molecular complexity index is 412. The van der Waals surface area contributed by atoms with E-state index < -0.39 is 0 Å². The van der Waals surface area contributed by atoms with Crippen molar-refractivity contribution < 1.29 is 9.53 Å². The molecule has 0 aromatic heterocycles. The molecule has 1 fully saturated rings. The lowest BCUT2D eigenvalue weighted by Crippen LogP contribution is -2.19. The van der Waals surface area contributed by atoms with Crippen LogP contribution in [0.1, 0.15) is 24.8 Å². The van der Waals surface area contributed by atoms with Crippen LogP contribution in [-0.2, 0) is 9.53 Å². The number of ether oxygens (including phenoxy) is 1. The molecule has 1 aliphatic rings. The van der Waals surface area contributed by atoms with E-state index >= 15 is 0 Å². The van der Waals surface area contributed by atoms with Crippen molar-refractivity contribution in [2.24, 2.45) is 0 Å². The fourth-order valence-corrected chi connectivity index (χ4v) is 1.99. The molecule has 1 aromatic carbocycles. The first-order valence-electron chi connectivity index (χ1n) is 5.93. The lowest BCUT2D eigenvalue weighted by Gasteiger charge is -2.12.